The summed E-state index contributed by atoms with van der Waals surface area (Å²) in [5.41, 5.74) is -0.912. The molecule has 0 saturated carbocycles. The van der Waals surface area contributed by atoms with E-state index in [4.69, 9.17) is 28.7 Å². The van der Waals surface area contributed by atoms with E-state index in [2.05, 4.69) is 34.4 Å². The third-order valence-corrected chi connectivity index (χ3v) is 18.9. The van der Waals surface area contributed by atoms with E-state index in [1.54, 1.807) is 65.1 Å². The molecule has 448 valence electrons. The number of methoxy groups -OCH3 is 1. The van der Waals surface area contributed by atoms with E-state index in [1.165, 1.54) is 52.0 Å². The van der Waals surface area contributed by atoms with Gasteiger partial charge in [0, 0.05) is 105 Å². The Balaban J connectivity index is 1.23. The van der Waals surface area contributed by atoms with Crippen molar-refractivity contribution in [3.8, 4) is 17.2 Å². The van der Waals surface area contributed by atoms with Crippen LogP contribution in [-0.4, -0.2) is 148 Å². The molecular weight excluding hydrogens is 1110 g/mol. The van der Waals surface area contributed by atoms with Gasteiger partial charge in [-0.1, -0.05) is 66.7 Å². The molecule has 2 fully saturated rings. The molecule has 0 radical (unpaired) electrons. The highest BCUT2D eigenvalue weighted by atomic mass is 31.1. The number of amides is 2. The number of aliphatic hydroxyl groups excluding tert-OH is 1. The van der Waals surface area contributed by atoms with Gasteiger partial charge in [0.25, 0.3) is 11.7 Å². The van der Waals surface area contributed by atoms with Crippen LogP contribution in [0.25, 0.3) is 10.8 Å². The highest BCUT2D eigenvalue weighted by Gasteiger charge is 2.62. The Hall–Kier alpha value is -6.05. The average molecular weight is 1190 g/mol. The molecule has 0 aliphatic carbocycles. The molecule has 3 aromatic rings. The van der Waals surface area contributed by atoms with E-state index in [1.807, 2.05) is 6.92 Å². The fourth-order valence-electron chi connectivity index (χ4n) is 12.9. The van der Waals surface area contributed by atoms with Gasteiger partial charge in [-0.25, -0.2) is 4.99 Å². The third kappa shape index (κ3) is 12.1. The molecule has 8 heterocycles. The number of anilines is 2. The molecule has 8 aliphatic rings. The van der Waals surface area contributed by atoms with Crippen molar-refractivity contribution >= 4 is 68.4 Å². The summed E-state index contributed by atoms with van der Waals surface area (Å²) in [6.45, 7) is 20.6. The second-order valence-corrected chi connectivity index (χ2v) is 26.0. The minimum atomic E-state index is -2.01. The highest BCUT2D eigenvalue weighted by molar-refractivity contribution is 7.44. The van der Waals surface area contributed by atoms with Crippen LogP contribution in [0.5, 0.6) is 17.2 Å². The number of carbonyl (C=O) groups is 5. The fourth-order valence-corrected chi connectivity index (χ4v) is 13.6. The number of hydrogen-bond donors (Lipinski definition) is 5. The number of phenolic OH excluding ortho intramolecular Hbond substituents is 2. The number of likely N-dealkylation sites (tertiary alicyclic amines) is 1. The third-order valence-electron chi connectivity index (χ3n) is 17.4. The summed E-state index contributed by atoms with van der Waals surface area (Å²) in [7, 11) is 2.57. The van der Waals surface area contributed by atoms with Gasteiger partial charge in [0.1, 0.15) is 45.0 Å². The predicted octanol–water partition coefficient (Wildman–Crippen LogP) is 7.20. The molecule has 83 heavy (non-hydrogen) atoms. The second-order valence-electron chi connectivity index (χ2n) is 23.9. The number of rotatable bonds is 14. The van der Waals surface area contributed by atoms with Gasteiger partial charge in [-0.2, -0.15) is 0 Å². The molecule has 23 heteroatoms. The highest BCUT2D eigenvalue weighted by Crippen LogP contribution is 2.53. The lowest BCUT2D eigenvalue weighted by Crippen LogP contribution is -2.70. The van der Waals surface area contributed by atoms with Crippen molar-refractivity contribution in [1.29, 1.82) is 0 Å². The Bertz CT molecular complexity index is 3270. The van der Waals surface area contributed by atoms with Crippen LogP contribution in [-0.2, 0) is 53.7 Å². The van der Waals surface area contributed by atoms with Gasteiger partial charge >= 0.3 is 11.8 Å². The Morgan fingerprint density at radius 2 is 1.61 bits per heavy atom. The summed E-state index contributed by atoms with van der Waals surface area (Å²) in [6.07, 6.45) is 1.96. The van der Waals surface area contributed by atoms with Crippen LogP contribution in [0.1, 0.15) is 104 Å². The minimum absolute atomic E-state index is 0.000469. The number of nitrogens with one attached hydrogen (secondary N) is 2. The van der Waals surface area contributed by atoms with Crippen LogP contribution in [0.3, 0.4) is 0 Å². The zero-order valence-corrected chi connectivity index (χ0v) is 51.3. The average Bonchev–Trinajstić information content (AvgIpc) is 2.33. The molecule has 2 saturated heterocycles. The first-order chi connectivity index (χ1) is 39.1. The van der Waals surface area contributed by atoms with Crippen molar-refractivity contribution in [3.63, 3.8) is 0 Å². The molecule has 7 bridgehead atoms. The van der Waals surface area contributed by atoms with Crippen molar-refractivity contribution in [2.45, 2.75) is 142 Å². The van der Waals surface area contributed by atoms with E-state index < -0.39 is 117 Å². The lowest BCUT2D eigenvalue weighted by Gasteiger charge is -2.58. The number of esters is 1. The summed E-state index contributed by atoms with van der Waals surface area (Å²) < 4.78 is 53.9. The van der Waals surface area contributed by atoms with Crippen molar-refractivity contribution in [2.24, 2.45) is 45.5 Å². The lowest BCUT2D eigenvalue weighted by atomic mass is 9.63. The molecule has 2 unspecified atom stereocenters. The Morgan fingerprint density at radius 3 is 2.22 bits per heavy atom. The molecule has 8 aliphatic heterocycles. The van der Waals surface area contributed by atoms with Crippen LogP contribution < -0.4 is 26.1 Å². The topological polar surface area (TPSA) is 282 Å². The van der Waals surface area contributed by atoms with Gasteiger partial charge in [-0.05, 0) is 57.0 Å². The maximum atomic E-state index is 15.1. The van der Waals surface area contributed by atoms with Crippen LogP contribution in [0.4, 0.5) is 11.4 Å². The summed E-state index contributed by atoms with van der Waals surface area (Å²) in [5, 5.41) is 42.5. The normalized spacial score (nSPS) is 30.4. The fraction of sp³-hybridized carbons (Fsp3) is 0.583. The molecular formula is C60H78N6O15P2. The quantitative estimate of drug-likeness (QED) is 0.0606. The van der Waals surface area contributed by atoms with Crippen molar-refractivity contribution < 1.29 is 72.1 Å². The summed E-state index contributed by atoms with van der Waals surface area (Å²) in [5.74, 6) is -9.09. The molecule has 21 nitrogen and oxygen atoms in total. The standard InChI is InChI=1S/C60H78N6O15P2/c1-29(2)26-66-21-19-59(20-22-66)63-47-44-45-51(71)35(8)55-46(44)56(73)58(11,80-55)78-23-18-40(77-13)32(5)53(79-37(10)67)33(6)50(70)34(7)54-36(9)60(81-54,31(4)24-30(3)57(74)62-49(52(45)72)48(47)64-59)41(68)27-65(12)28-42(69)61-39-16-14-38(15-17-39)25-43(82-75)83-76/h14-18,23-24,29,31-34,36,40,43,50,53-54,63,70-72H,19-22,25-28H2,1-13H3,(H,61,69)/b23-18+,30-24-,62-49?/t31?,32-,33-,34+,36-,40+,50+,53-,54-,58+,60?/m1/s1. The number of carbonyl (C=O) groups excluding carboxylic acids is 5. The van der Waals surface area contributed by atoms with Crippen LogP contribution >= 0.6 is 16.9 Å². The minimum Gasteiger partial charge on any atom is -0.507 e. The molecule has 2 amide bonds. The number of likely N-dealkylation sites (N-methyl/N-ethyl adjacent to an activating group) is 1. The van der Waals surface area contributed by atoms with Crippen molar-refractivity contribution in [3.05, 3.63) is 75.7 Å². The van der Waals surface area contributed by atoms with Crippen molar-refractivity contribution in [2.75, 3.05) is 57.5 Å². The second kappa shape index (κ2) is 24.9. The number of hydrogen-bond acceptors (Lipinski definition) is 19. The SMILES string of the molecule is CO[C@H]1/C=C/O[C@@]2(C)Oc3c(C)c(O)c4c(O)c(c5c(c4c3C2=O)NC2(CCN(CC(C)C)CC2)N=5)=NC(=O)/C(C)=C\C(C)C2(C(=O)CN(C)CC(=O)Nc3ccc(CC(P=O)P=O)cc3)O[C@H]([C@@H](C)[C@@H](O)[C@@H](C)[C@H](OC(C)=O)[C@@H]1C)[C@H]2C. The zero-order valence-electron chi connectivity index (χ0n) is 49.5. The molecule has 3 aromatic carbocycles. The monoisotopic (exact) mass is 1180 g/mol. The zero-order chi connectivity index (χ0) is 60.8. The first-order valence-electron chi connectivity index (χ1n) is 28.3. The number of Topliss-reactive ketones (excluding diaryl/α,β-unsaturated/α-hetero) is 2. The van der Waals surface area contributed by atoms with Gasteiger partial charge in [0.15, 0.2) is 28.5 Å². The van der Waals surface area contributed by atoms with Gasteiger partial charge in [0.05, 0.1) is 54.3 Å². The number of piperidine rings is 1. The number of aliphatic hydroxyl groups is 1. The number of ether oxygens (including phenoxy) is 5. The van der Waals surface area contributed by atoms with Crippen molar-refractivity contribution in [1.82, 2.24) is 9.80 Å². The van der Waals surface area contributed by atoms with Crippen LogP contribution in [0, 0.1) is 42.4 Å². The Morgan fingerprint density at radius 1 is 0.952 bits per heavy atom. The molecule has 5 N–H and O–H groups in total. The summed E-state index contributed by atoms with van der Waals surface area (Å²) in [6, 6.07) is 6.81. The number of nitrogens with zero attached hydrogens (tertiary/aromatic N) is 4. The lowest BCUT2D eigenvalue weighted by molar-refractivity contribution is -0.281. The van der Waals surface area contributed by atoms with Gasteiger partial charge < -0.3 is 54.5 Å². The van der Waals surface area contributed by atoms with E-state index in [0.29, 0.717) is 44.0 Å². The van der Waals surface area contributed by atoms with Crippen LogP contribution in [0.15, 0.2) is 58.2 Å². The maximum Gasteiger partial charge on any atom is 0.312 e. The Labute approximate surface area is 486 Å². The number of ketones is 2. The predicted molar refractivity (Wildman–Crippen MR) is 310 cm³/mol. The van der Waals surface area contributed by atoms with E-state index in [0.717, 1.165) is 12.1 Å². The maximum absolute atomic E-state index is 15.1. The molecule has 0 aromatic heterocycles. The summed E-state index contributed by atoms with van der Waals surface area (Å²) >= 11 is 0. The first-order valence-corrected chi connectivity index (χ1v) is 30.1. The molecule has 1 spiro atoms. The van der Waals surface area contributed by atoms with Gasteiger partial charge in [-0.3, -0.25) is 43.0 Å². The Kier molecular flexibility index (Phi) is 18.9. The number of aromatic hydroxyl groups is 2. The number of benzene rings is 3. The smallest absolute Gasteiger partial charge is 0.312 e. The molecule has 11 atom stereocenters. The molecule has 11 rings (SSSR count). The van der Waals surface area contributed by atoms with Crippen LogP contribution in [0.2, 0.25) is 0 Å². The first kappa shape index (κ1) is 63.0. The summed E-state index contributed by atoms with van der Waals surface area (Å²) in [4.78, 5) is 84.8. The van der Waals surface area contributed by atoms with Gasteiger partial charge in [0.2, 0.25) is 5.91 Å². The van der Waals surface area contributed by atoms with E-state index >= 15 is 9.59 Å². The number of phenols is 2. The van der Waals surface area contributed by atoms with Gasteiger partial charge in [-0.15, -0.1) is 0 Å². The largest absolute Gasteiger partial charge is 0.507 e. The van der Waals surface area contributed by atoms with E-state index in [-0.39, 0.29) is 79.6 Å². The van der Waals surface area contributed by atoms with E-state index in [9.17, 15) is 38.8 Å².